The lowest BCUT2D eigenvalue weighted by molar-refractivity contribution is -0.145. The number of urea groups is 2. The molecule has 9 aliphatic heterocycles. The number of nitrogens with zero attached hydrogens (tertiary/aromatic N) is 6. The van der Waals surface area contributed by atoms with Crippen LogP contribution in [0.3, 0.4) is 0 Å². The van der Waals surface area contributed by atoms with E-state index in [0.29, 0.717) is 173 Å². The molecule has 0 aromatic heterocycles. The SMILES string of the molecule is C[C@@H](OC[C@@]1(c2ccccc2)CC[C@]2(CN)CN1CC(=O)N2)c1cc(C(F)(F)F)cc(C(F)(F)F)c1.C[C@@H](OC[C@@]1(c2ccccc2)CC[C@]2(CNC(=O)N3CCOCC3)CN1CC(=O)N2)c1cc(C(F)(F)F)cc(C(F)(F)F)c1.C[C@@H](OC[C@@]1(c2ccccc2)CC[C@]2(CNC(=O)N3CCOCC3)CN1CC(=O)N2)c1cc(C(F)(F)F)cc(C(F)(F)F)c1.O=C(Cl)N1CCOCC1. The molecule has 6 aromatic rings. The lowest BCUT2D eigenvalue weighted by Gasteiger charge is -2.57. The molecule has 12 atom stereocenters. The van der Waals surface area contributed by atoms with Gasteiger partial charge in [0.25, 0.3) is 0 Å². The zero-order chi connectivity index (χ0) is 96.6. The summed E-state index contributed by atoms with van der Waals surface area (Å²) in [5, 5.41) is 14.6. The summed E-state index contributed by atoms with van der Waals surface area (Å²) in [5.41, 5.74) is -5.52. The Balaban J connectivity index is 0.000000172. The molecule has 15 rings (SSSR count). The van der Waals surface area contributed by atoms with E-state index in [-0.39, 0.29) is 129 Å². The molecule has 9 saturated heterocycles. The van der Waals surface area contributed by atoms with Gasteiger partial charge in [-0.25, -0.2) is 9.59 Å². The number of rotatable bonds is 20. The van der Waals surface area contributed by atoms with Gasteiger partial charge in [-0.2, -0.15) is 79.0 Å². The van der Waals surface area contributed by atoms with E-state index in [2.05, 4.69) is 26.6 Å². The number of morpholine rings is 3. The number of halogens is 19. The molecule has 0 radical (unpaired) electrons. The van der Waals surface area contributed by atoms with Crippen molar-refractivity contribution in [2.45, 2.75) is 148 Å². The maximum atomic E-state index is 13.5. The van der Waals surface area contributed by atoms with Gasteiger partial charge in [0.2, 0.25) is 17.7 Å². The van der Waals surface area contributed by atoms with E-state index in [1.807, 2.05) is 106 Å². The molecular weight excluding hydrogens is 1820 g/mol. The van der Waals surface area contributed by atoms with Gasteiger partial charge < -0.3 is 75.4 Å². The smallest absolute Gasteiger partial charge is 0.378 e. The highest BCUT2D eigenvalue weighted by Crippen LogP contribution is 2.50. The number of hydrogen-bond donors (Lipinski definition) is 6. The average molecular weight is 1920 g/mol. The zero-order valence-corrected chi connectivity index (χ0v) is 73.4. The number of ether oxygens (including phenoxy) is 6. The first kappa shape index (κ1) is 102. The van der Waals surface area contributed by atoms with E-state index < -0.39 is 122 Å². The summed E-state index contributed by atoms with van der Waals surface area (Å²) >= 11 is 5.19. The first-order valence-electron chi connectivity index (χ1n) is 43.0. The summed E-state index contributed by atoms with van der Waals surface area (Å²) in [5.74, 6) is -0.734. The molecule has 43 heteroatoms. The van der Waals surface area contributed by atoms with Gasteiger partial charge in [-0.3, -0.25) is 33.9 Å². The Bertz CT molecular complexity index is 4720. The number of benzene rings is 6. The summed E-state index contributed by atoms with van der Waals surface area (Å²) < 4.78 is 276. The van der Waals surface area contributed by atoms with Crippen LogP contribution in [0, 0.1) is 0 Å². The van der Waals surface area contributed by atoms with Crippen LogP contribution in [0.4, 0.5) is 93.4 Å². The van der Waals surface area contributed by atoms with E-state index in [4.69, 9.17) is 45.8 Å². The van der Waals surface area contributed by atoms with Crippen molar-refractivity contribution in [1.29, 1.82) is 0 Å². The van der Waals surface area contributed by atoms with Crippen LogP contribution in [0.1, 0.15) is 144 Å². The molecule has 7 N–H and O–H groups in total. The minimum atomic E-state index is -4.98. The second-order valence-corrected chi connectivity index (χ2v) is 35.0. The molecule has 6 aromatic carbocycles. The molecule has 9 aliphatic rings. The monoisotopic (exact) mass is 1920 g/mol. The number of hydrogen-bond acceptors (Lipinski definition) is 16. The van der Waals surface area contributed by atoms with Gasteiger partial charge in [0.1, 0.15) is 0 Å². The largest absolute Gasteiger partial charge is 0.416 e. The highest BCUT2D eigenvalue weighted by molar-refractivity contribution is 6.62. The average Bonchev–Trinajstić information content (AvgIpc) is 0.740. The van der Waals surface area contributed by atoms with Crippen LogP contribution in [0.5, 0.6) is 0 Å². The summed E-state index contributed by atoms with van der Waals surface area (Å²) in [6, 6.07) is 31.4. The zero-order valence-electron chi connectivity index (χ0n) is 72.6. The van der Waals surface area contributed by atoms with Crippen molar-refractivity contribution in [3.8, 4) is 0 Å². The van der Waals surface area contributed by atoms with E-state index in [1.165, 1.54) is 20.8 Å². The second kappa shape index (κ2) is 41.5. The molecule has 0 aliphatic carbocycles. The summed E-state index contributed by atoms with van der Waals surface area (Å²) in [6.07, 6.45) is -30.3. The maximum Gasteiger partial charge on any atom is 0.416 e. The Labute approximate surface area is 759 Å². The number of nitrogens with one attached hydrogen (secondary N) is 5. The molecule has 6 bridgehead atoms. The minimum absolute atomic E-state index is 0.00637. The standard InChI is InChI=1S/2C30H34F6N4O4.C25H27F6N3O2.C5H8ClNO2/c2*1-20(21-13-23(29(31,32)33)15-24(14-21)30(34,35)36)44-19-28(22-5-3-2-4-6-22)8-7-27(18-40(28)16-25(41)38-27)17-37-26(42)39-9-11-43-12-10-39;1-16(17-9-19(24(26,27)28)11-20(10-17)25(29,30)31)36-15-23(18-5-3-2-4-6-18)8-7-22(13-32)14-34(23)12-21(35)33-22;6-5(8)7-1-3-9-4-2-7/h2*2-6,13-15,20H,7-12,16-19H2,1H3,(H,37,42)(H,38,41);2-6,9-11,16H,7-8,12-15,32H2,1H3,(H,33,35);1-4H2/t2*20-,27+,28-;16-,22+,23-;/m111./s1. The van der Waals surface area contributed by atoms with Crippen molar-refractivity contribution < 1.29 is 136 Å². The highest BCUT2D eigenvalue weighted by atomic mass is 35.5. The van der Waals surface area contributed by atoms with Crippen LogP contribution in [0.15, 0.2) is 146 Å². The molecule has 24 nitrogen and oxygen atoms in total. The normalized spacial score (nSPS) is 26.4. The van der Waals surface area contributed by atoms with E-state index in [0.717, 1.165) is 16.7 Å². The number of nitrogens with two attached hydrogens (primary N) is 1. The molecule has 728 valence electrons. The molecular formula is C90H103ClF18N12O12. The van der Waals surface area contributed by atoms with Gasteiger partial charge in [-0.05, 0) is 159 Å². The van der Waals surface area contributed by atoms with Crippen LogP contribution in [0.2, 0.25) is 0 Å². The van der Waals surface area contributed by atoms with Gasteiger partial charge in [0, 0.05) is 78.5 Å². The number of carbonyl (C=O) groups excluding carboxylic acids is 6. The fourth-order valence-corrected chi connectivity index (χ4v) is 18.5. The van der Waals surface area contributed by atoms with Gasteiger partial charge in [-0.15, -0.1) is 0 Å². The van der Waals surface area contributed by atoms with Crippen LogP contribution < -0.4 is 32.3 Å². The van der Waals surface area contributed by atoms with Gasteiger partial charge in [0.15, 0.2) is 0 Å². The molecule has 9 fully saturated rings. The minimum Gasteiger partial charge on any atom is -0.378 e. The first-order valence-corrected chi connectivity index (χ1v) is 43.4. The third kappa shape index (κ3) is 25.0. The van der Waals surface area contributed by atoms with E-state index in [1.54, 1.807) is 14.7 Å². The Morgan fingerprint density at radius 1 is 0.383 bits per heavy atom. The van der Waals surface area contributed by atoms with Crippen molar-refractivity contribution in [1.82, 2.24) is 56.0 Å². The van der Waals surface area contributed by atoms with Crippen molar-refractivity contribution >= 4 is 46.8 Å². The second-order valence-electron chi connectivity index (χ2n) is 34.7. The van der Waals surface area contributed by atoms with Crippen LogP contribution >= 0.6 is 11.6 Å². The van der Waals surface area contributed by atoms with Gasteiger partial charge >= 0.3 is 54.5 Å². The third-order valence-electron chi connectivity index (χ3n) is 25.9. The number of piperazine rings is 3. The quantitative estimate of drug-likeness (QED) is 0.0236. The Kier molecular flexibility index (Phi) is 31.9. The molecule has 8 amide bonds. The fourth-order valence-electron chi connectivity index (χ4n) is 18.3. The van der Waals surface area contributed by atoms with Gasteiger partial charge in [0.05, 0.1) is 164 Å². The van der Waals surface area contributed by atoms with E-state index >= 15 is 0 Å². The van der Waals surface area contributed by atoms with Crippen LogP contribution in [-0.2, 0) is 96.5 Å². The Morgan fingerprint density at radius 3 is 0.865 bits per heavy atom. The molecule has 3 unspecified atom stereocenters. The molecule has 9 heterocycles. The predicted octanol–water partition coefficient (Wildman–Crippen LogP) is 14.7. The van der Waals surface area contributed by atoms with Crippen LogP contribution in [-0.4, -0.2) is 239 Å². The lowest BCUT2D eigenvalue weighted by Crippen LogP contribution is -2.74. The van der Waals surface area contributed by atoms with Crippen molar-refractivity contribution in [2.24, 2.45) is 5.73 Å². The maximum absolute atomic E-state index is 13.5. The van der Waals surface area contributed by atoms with Gasteiger partial charge in [-0.1, -0.05) is 91.0 Å². The highest BCUT2D eigenvalue weighted by Gasteiger charge is 2.57. The lowest BCUT2D eigenvalue weighted by atomic mass is 9.73. The summed E-state index contributed by atoms with van der Waals surface area (Å²) in [6.45, 7) is 11.9. The number of alkyl halides is 18. The van der Waals surface area contributed by atoms with Crippen molar-refractivity contribution in [2.75, 3.05) is 158 Å². The topological polar surface area (TPSA) is 263 Å². The van der Waals surface area contributed by atoms with Crippen molar-refractivity contribution in [3.63, 3.8) is 0 Å². The van der Waals surface area contributed by atoms with Crippen LogP contribution in [0.25, 0.3) is 0 Å². The third-order valence-corrected chi connectivity index (χ3v) is 26.1. The first-order chi connectivity index (χ1) is 62.5. The summed E-state index contributed by atoms with van der Waals surface area (Å²) in [4.78, 5) is 85.3. The summed E-state index contributed by atoms with van der Waals surface area (Å²) in [7, 11) is 0. The van der Waals surface area contributed by atoms with E-state index in [9.17, 15) is 108 Å². The molecule has 0 saturated carbocycles. The number of amides is 8. The molecule has 133 heavy (non-hydrogen) atoms. The number of carbonyl (C=O) groups is 6. The molecule has 0 spiro atoms. The number of piperidine rings is 3. The van der Waals surface area contributed by atoms with Crippen molar-refractivity contribution in [3.05, 3.63) is 212 Å². The fraction of sp³-hybridized carbons (Fsp3) is 0.533. The Morgan fingerprint density at radius 2 is 0.624 bits per heavy atom. The Hall–Kier alpha value is -9.63. The predicted molar refractivity (Wildman–Crippen MR) is 446 cm³/mol. The number of fused-ring (bicyclic) bond motifs is 6.